The van der Waals surface area contributed by atoms with E-state index >= 15 is 0 Å². The van der Waals surface area contributed by atoms with Crippen molar-refractivity contribution in [2.24, 2.45) is 0 Å². The van der Waals surface area contributed by atoms with Crippen LogP contribution in [0.25, 0.3) is 10.6 Å². The summed E-state index contributed by atoms with van der Waals surface area (Å²) in [6.45, 7) is 2.01. The van der Waals surface area contributed by atoms with Crippen molar-refractivity contribution in [3.8, 4) is 16.3 Å². The van der Waals surface area contributed by atoms with E-state index in [0.717, 1.165) is 15.0 Å². The normalized spacial score (nSPS) is 10.5. The molecule has 0 aliphatic rings. The largest absolute Gasteiger partial charge is 0.484 e. The van der Waals surface area contributed by atoms with Crippen LogP contribution in [-0.2, 0) is 4.79 Å². The summed E-state index contributed by atoms with van der Waals surface area (Å²) >= 11 is 6.44. The zero-order valence-corrected chi connectivity index (χ0v) is 15.4. The van der Waals surface area contributed by atoms with Gasteiger partial charge in [0, 0.05) is 14.7 Å². The summed E-state index contributed by atoms with van der Waals surface area (Å²) in [6, 6.07) is 11.4. The van der Waals surface area contributed by atoms with Crippen LogP contribution in [0.15, 0.2) is 46.3 Å². The Balaban J connectivity index is 1.56. The summed E-state index contributed by atoms with van der Waals surface area (Å²) in [6.07, 6.45) is 0. The van der Waals surface area contributed by atoms with Gasteiger partial charge in [-0.1, -0.05) is 15.9 Å². The van der Waals surface area contributed by atoms with Crippen molar-refractivity contribution in [2.75, 3.05) is 11.9 Å². The van der Waals surface area contributed by atoms with Crippen LogP contribution in [0.4, 0.5) is 5.13 Å². The zero-order valence-electron chi connectivity index (χ0n) is 12.2. The molecular weight excluding hydrogens is 396 g/mol. The number of carbonyl (C=O) groups excluding carboxylic acids is 1. The van der Waals surface area contributed by atoms with Gasteiger partial charge in [0.1, 0.15) is 5.75 Å². The number of rotatable bonds is 5. The van der Waals surface area contributed by atoms with E-state index in [1.165, 1.54) is 16.2 Å². The van der Waals surface area contributed by atoms with E-state index in [2.05, 4.69) is 39.2 Å². The fraction of sp³-hybridized carbons (Fsp3) is 0.125. The minimum atomic E-state index is -0.226. The maximum Gasteiger partial charge on any atom is 0.264 e. The summed E-state index contributed by atoms with van der Waals surface area (Å²) in [7, 11) is 0. The molecule has 1 amide bonds. The van der Waals surface area contributed by atoms with Crippen LogP contribution in [0.2, 0.25) is 0 Å². The van der Waals surface area contributed by atoms with Gasteiger partial charge in [-0.15, -0.1) is 22.7 Å². The van der Waals surface area contributed by atoms with E-state index in [0.29, 0.717) is 10.9 Å². The molecule has 23 heavy (non-hydrogen) atoms. The molecule has 7 heteroatoms. The van der Waals surface area contributed by atoms with Gasteiger partial charge in [-0.25, -0.2) is 4.98 Å². The molecule has 2 heterocycles. The second-order valence-electron chi connectivity index (χ2n) is 4.74. The molecule has 3 rings (SSSR count). The number of hydrogen-bond donors (Lipinski definition) is 1. The van der Waals surface area contributed by atoms with Crippen molar-refractivity contribution in [1.29, 1.82) is 0 Å². The molecule has 0 bridgehead atoms. The molecule has 1 aromatic carbocycles. The van der Waals surface area contributed by atoms with Gasteiger partial charge in [0.25, 0.3) is 5.91 Å². The average Bonchev–Trinajstić information content (AvgIpc) is 3.16. The maximum absolute atomic E-state index is 11.9. The molecule has 0 saturated carbocycles. The van der Waals surface area contributed by atoms with Crippen LogP contribution in [0.3, 0.4) is 0 Å². The van der Waals surface area contributed by atoms with E-state index in [-0.39, 0.29) is 12.5 Å². The third-order valence-corrected chi connectivity index (χ3v) is 5.24. The Morgan fingerprint density at radius 2 is 2.04 bits per heavy atom. The summed E-state index contributed by atoms with van der Waals surface area (Å²) in [5.74, 6) is 0.424. The van der Waals surface area contributed by atoms with Crippen LogP contribution in [-0.4, -0.2) is 17.5 Å². The van der Waals surface area contributed by atoms with Crippen molar-refractivity contribution >= 4 is 49.6 Å². The predicted molar refractivity (Wildman–Crippen MR) is 98.4 cm³/mol. The zero-order chi connectivity index (χ0) is 16.2. The number of aromatic nitrogens is 1. The highest BCUT2D eigenvalue weighted by Crippen LogP contribution is 2.30. The number of hydrogen-bond acceptors (Lipinski definition) is 5. The summed E-state index contributed by atoms with van der Waals surface area (Å²) in [5, 5.41) is 5.28. The first-order chi connectivity index (χ1) is 11.1. The first kappa shape index (κ1) is 16.2. The lowest BCUT2D eigenvalue weighted by atomic mass is 10.3. The molecule has 0 spiro atoms. The second-order valence-corrected chi connectivity index (χ2v) is 7.80. The molecule has 1 N–H and O–H groups in total. The van der Waals surface area contributed by atoms with E-state index < -0.39 is 0 Å². The fourth-order valence-corrected chi connectivity index (χ4v) is 3.75. The van der Waals surface area contributed by atoms with Crippen LogP contribution in [0.5, 0.6) is 5.75 Å². The van der Waals surface area contributed by atoms with Gasteiger partial charge in [-0.2, -0.15) is 0 Å². The third-order valence-electron chi connectivity index (χ3n) is 2.93. The Labute approximate surface area is 150 Å². The van der Waals surface area contributed by atoms with Crippen molar-refractivity contribution < 1.29 is 9.53 Å². The van der Waals surface area contributed by atoms with E-state index in [9.17, 15) is 4.79 Å². The molecule has 0 saturated heterocycles. The Hall–Kier alpha value is -1.70. The number of nitrogens with zero attached hydrogens (tertiary/aromatic N) is 1. The minimum absolute atomic E-state index is 0.0470. The van der Waals surface area contributed by atoms with Crippen molar-refractivity contribution in [2.45, 2.75) is 6.92 Å². The molecule has 0 unspecified atom stereocenters. The third kappa shape index (κ3) is 4.40. The monoisotopic (exact) mass is 408 g/mol. The van der Waals surface area contributed by atoms with Gasteiger partial charge in [-0.3, -0.25) is 10.1 Å². The molecule has 0 fully saturated rings. The number of benzene rings is 1. The average molecular weight is 409 g/mol. The quantitative estimate of drug-likeness (QED) is 0.648. The Morgan fingerprint density at radius 3 is 2.74 bits per heavy atom. The Morgan fingerprint density at radius 1 is 1.26 bits per heavy atom. The first-order valence-electron chi connectivity index (χ1n) is 6.81. The fourth-order valence-electron chi connectivity index (χ4n) is 1.85. The van der Waals surface area contributed by atoms with Gasteiger partial charge < -0.3 is 4.74 Å². The molecule has 3 aromatic rings. The summed E-state index contributed by atoms with van der Waals surface area (Å²) in [5.41, 5.74) is 0.886. The predicted octanol–water partition coefficient (Wildman–Crippen LogP) is 4.96. The number of halogens is 1. The molecular formula is C16H13BrN2O2S2. The number of thiophene rings is 1. The van der Waals surface area contributed by atoms with Crippen molar-refractivity contribution in [3.63, 3.8) is 0 Å². The number of carbonyl (C=O) groups is 1. The van der Waals surface area contributed by atoms with Gasteiger partial charge in [-0.05, 0) is 43.3 Å². The van der Waals surface area contributed by atoms with E-state index in [1.807, 2.05) is 23.6 Å². The molecule has 0 aliphatic heterocycles. The van der Waals surface area contributed by atoms with Gasteiger partial charge in [0.15, 0.2) is 11.7 Å². The van der Waals surface area contributed by atoms with Crippen LogP contribution in [0, 0.1) is 6.92 Å². The van der Waals surface area contributed by atoms with Crippen LogP contribution in [0.1, 0.15) is 4.88 Å². The number of thiazole rings is 1. The van der Waals surface area contributed by atoms with Crippen molar-refractivity contribution in [3.05, 3.63) is 51.1 Å². The van der Waals surface area contributed by atoms with Gasteiger partial charge in [0.05, 0.1) is 10.6 Å². The number of anilines is 1. The number of amides is 1. The minimum Gasteiger partial charge on any atom is -0.484 e. The van der Waals surface area contributed by atoms with Crippen LogP contribution >= 0.6 is 38.6 Å². The number of aryl methyl sites for hydroxylation is 1. The van der Waals surface area contributed by atoms with E-state index in [4.69, 9.17) is 4.74 Å². The lowest BCUT2D eigenvalue weighted by molar-refractivity contribution is -0.118. The highest BCUT2D eigenvalue weighted by Gasteiger charge is 2.10. The second kappa shape index (κ2) is 7.25. The van der Waals surface area contributed by atoms with Crippen molar-refractivity contribution in [1.82, 2.24) is 4.98 Å². The topological polar surface area (TPSA) is 51.2 Å². The molecule has 0 aliphatic carbocycles. The van der Waals surface area contributed by atoms with E-state index in [1.54, 1.807) is 23.5 Å². The molecule has 4 nitrogen and oxygen atoms in total. The highest BCUT2D eigenvalue weighted by atomic mass is 79.9. The standard InChI is InChI=1S/C16H13BrN2O2S2/c1-10-2-7-14(23-10)13-9-22-16(18-13)19-15(20)8-21-12-5-3-11(17)4-6-12/h2-7,9H,8H2,1H3,(H,18,19,20). The molecule has 0 radical (unpaired) electrons. The highest BCUT2D eigenvalue weighted by molar-refractivity contribution is 9.10. The maximum atomic E-state index is 11.9. The number of nitrogens with one attached hydrogen (secondary N) is 1. The molecule has 118 valence electrons. The lowest BCUT2D eigenvalue weighted by Gasteiger charge is -2.05. The van der Waals surface area contributed by atoms with Gasteiger partial charge in [0.2, 0.25) is 0 Å². The Bertz CT molecular complexity index is 812. The SMILES string of the molecule is Cc1ccc(-c2csc(NC(=O)COc3ccc(Br)cc3)n2)s1. The van der Waals surface area contributed by atoms with Crippen LogP contribution < -0.4 is 10.1 Å². The lowest BCUT2D eigenvalue weighted by Crippen LogP contribution is -2.20. The first-order valence-corrected chi connectivity index (χ1v) is 9.29. The smallest absolute Gasteiger partial charge is 0.264 e. The number of ether oxygens (including phenoxy) is 1. The Kier molecular flexibility index (Phi) is 5.09. The molecule has 0 atom stereocenters. The molecule has 2 aromatic heterocycles. The van der Waals surface area contributed by atoms with Gasteiger partial charge >= 0.3 is 0 Å². The summed E-state index contributed by atoms with van der Waals surface area (Å²) in [4.78, 5) is 18.7. The summed E-state index contributed by atoms with van der Waals surface area (Å²) < 4.78 is 6.40.